The molecule has 2 aliphatic rings. The first-order valence-electron chi connectivity index (χ1n) is 7.63. The minimum absolute atomic E-state index is 0.128. The Morgan fingerprint density at radius 1 is 1.50 bits per heavy atom. The summed E-state index contributed by atoms with van der Waals surface area (Å²) >= 11 is 1.32. The predicted octanol–water partition coefficient (Wildman–Crippen LogP) is 3.45. The molecule has 1 N–H and O–H groups in total. The molecule has 4 rings (SSSR count). The largest absolute Gasteiger partial charge is 0.464 e. The van der Waals surface area contributed by atoms with Gasteiger partial charge in [0.05, 0.1) is 6.54 Å². The van der Waals surface area contributed by atoms with E-state index in [1.54, 1.807) is 5.51 Å². The first-order valence-corrected chi connectivity index (χ1v) is 8.51. The Labute approximate surface area is 132 Å². The SMILES string of the molecule is C[C@@H]1C[C@H]1c1ccc(CN(C(=O)Nc2nncs2)C2CC2)o1. The Hall–Kier alpha value is -1.89. The lowest BCUT2D eigenvalue weighted by Crippen LogP contribution is -2.36. The molecule has 0 saturated heterocycles. The highest BCUT2D eigenvalue weighted by Gasteiger charge is 2.37. The molecule has 22 heavy (non-hydrogen) atoms. The van der Waals surface area contributed by atoms with Crippen LogP contribution in [0.3, 0.4) is 0 Å². The third-order valence-corrected chi connectivity index (χ3v) is 4.91. The molecule has 2 atom stereocenters. The van der Waals surface area contributed by atoms with Crippen LogP contribution in [-0.2, 0) is 6.54 Å². The Bertz CT molecular complexity index is 665. The number of hydrogen-bond donors (Lipinski definition) is 1. The molecule has 0 aliphatic heterocycles. The van der Waals surface area contributed by atoms with Crippen molar-refractivity contribution in [3.63, 3.8) is 0 Å². The molecule has 7 heteroatoms. The summed E-state index contributed by atoms with van der Waals surface area (Å²) in [5, 5.41) is 10.9. The molecule has 2 aromatic heterocycles. The van der Waals surface area contributed by atoms with Crippen molar-refractivity contribution < 1.29 is 9.21 Å². The van der Waals surface area contributed by atoms with Gasteiger partial charge in [0.2, 0.25) is 5.13 Å². The lowest BCUT2D eigenvalue weighted by atomic mass is 10.3. The average molecular weight is 318 g/mol. The van der Waals surface area contributed by atoms with Crippen molar-refractivity contribution >= 4 is 22.5 Å². The van der Waals surface area contributed by atoms with Crippen LogP contribution in [0.15, 0.2) is 22.1 Å². The predicted molar refractivity (Wildman–Crippen MR) is 82.7 cm³/mol. The molecule has 2 aliphatic carbocycles. The van der Waals surface area contributed by atoms with Crippen molar-refractivity contribution in [2.24, 2.45) is 5.92 Å². The maximum absolute atomic E-state index is 12.4. The molecule has 2 heterocycles. The Morgan fingerprint density at radius 3 is 2.95 bits per heavy atom. The fourth-order valence-electron chi connectivity index (χ4n) is 2.71. The van der Waals surface area contributed by atoms with Gasteiger partial charge in [0.15, 0.2) is 0 Å². The van der Waals surface area contributed by atoms with Crippen molar-refractivity contribution in [1.82, 2.24) is 15.1 Å². The lowest BCUT2D eigenvalue weighted by molar-refractivity contribution is 0.200. The van der Waals surface area contributed by atoms with E-state index < -0.39 is 0 Å². The van der Waals surface area contributed by atoms with Gasteiger partial charge in [-0.05, 0) is 37.3 Å². The number of amides is 2. The van der Waals surface area contributed by atoms with Gasteiger partial charge in [-0.15, -0.1) is 10.2 Å². The molecule has 2 saturated carbocycles. The van der Waals surface area contributed by atoms with Crippen LogP contribution in [0.2, 0.25) is 0 Å². The Balaban J connectivity index is 1.43. The third-order valence-electron chi connectivity index (χ3n) is 4.31. The zero-order valence-corrected chi connectivity index (χ0v) is 13.2. The number of urea groups is 1. The summed E-state index contributed by atoms with van der Waals surface area (Å²) in [6, 6.07) is 4.23. The second kappa shape index (κ2) is 5.39. The van der Waals surface area contributed by atoms with E-state index in [4.69, 9.17) is 4.42 Å². The lowest BCUT2D eigenvalue weighted by Gasteiger charge is -2.20. The first-order chi connectivity index (χ1) is 10.7. The number of nitrogens with one attached hydrogen (secondary N) is 1. The second-order valence-corrected chi connectivity index (χ2v) is 6.99. The van der Waals surface area contributed by atoms with Crippen LogP contribution in [-0.4, -0.2) is 27.2 Å². The topological polar surface area (TPSA) is 71.3 Å². The molecular weight excluding hydrogens is 300 g/mol. The third kappa shape index (κ3) is 2.85. The van der Waals surface area contributed by atoms with E-state index in [-0.39, 0.29) is 6.03 Å². The minimum atomic E-state index is -0.128. The number of nitrogens with zero attached hydrogens (tertiary/aromatic N) is 3. The number of anilines is 1. The van der Waals surface area contributed by atoms with Crippen molar-refractivity contribution in [3.05, 3.63) is 29.2 Å². The van der Waals surface area contributed by atoms with Crippen LogP contribution in [0.4, 0.5) is 9.93 Å². The van der Waals surface area contributed by atoms with E-state index in [1.165, 1.54) is 17.8 Å². The summed E-state index contributed by atoms with van der Waals surface area (Å²) in [4.78, 5) is 14.2. The van der Waals surface area contributed by atoms with Crippen molar-refractivity contribution in [2.45, 2.75) is 44.7 Å². The average Bonchev–Trinajstić information content (AvgIpc) is 3.36. The Kier molecular flexibility index (Phi) is 3.37. The van der Waals surface area contributed by atoms with Gasteiger partial charge in [0, 0.05) is 12.0 Å². The molecule has 2 aromatic rings. The van der Waals surface area contributed by atoms with E-state index >= 15 is 0 Å². The monoisotopic (exact) mass is 318 g/mol. The van der Waals surface area contributed by atoms with Crippen molar-refractivity contribution in [1.29, 1.82) is 0 Å². The van der Waals surface area contributed by atoms with E-state index in [1.807, 2.05) is 11.0 Å². The number of rotatable bonds is 5. The van der Waals surface area contributed by atoms with E-state index in [9.17, 15) is 4.79 Å². The van der Waals surface area contributed by atoms with Gasteiger partial charge in [-0.2, -0.15) is 0 Å². The van der Waals surface area contributed by atoms with E-state index in [2.05, 4.69) is 28.5 Å². The maximum Gasteiger partial charge on any atom is 0.324 e. The van der Waals surface area contributed by atoms with E-state index in [0.717, 1.165) is 30.3 Å². The standard InChI is InChI=1S/C15H18N4O2S/c1-9-6-12(9)13-5-4-11(21-13)7-19(10-2-3-10)15(20)17-14-18-16-8-22-14/h4-5,8-10,12H,2-3,6-7H2,1H3,(H,17,18,20)/t9-,12-/m1/s1. The maximum atomic E-state index is 12.4. The van der Waals surface area contributed by atoms with Crippen molar-refractivity contribution in [2.75, 3.05) is 5.32 Å². The molecule has 0 aromatic carbocycles. The molecule has 6 nitrogen and oxygen atoms in total. The summed E-state index contributed by atoms with van der Waals surface area (Å²) in [6.45, 7) is 2.75. The smallest absolute Gasteiger partial charge is 0.324 e. The van der Waals surface area contributed by atoms with Gasteiger partial charge in [-0.1, -0.05) is 18.3 Å². The Morgan fingerprint density at radius 2 is 2.32 bits per heavy atom. The summed E-state index contributed by atoms with van der Waals surface area (Å²) in [5.74, 6) is 3.20. The summed E-state index contributed by atoms with van der Waals surface area (Å²) in [7, 11) is 0. The number of carbonyl (C=O) groups is 1. The highest BCUT2D eigenvalue weighted by Crippen LogP contribution is 2.47. The van der Waals surface area contributed by atoms with Crippen LogP contribution in [0.25, 0.3) is 0 Å². The molecule has 2 amide bonds. The van der Waals surface area contributed by atoms with Gasteiger partial charge in [0.1, 0.15) is 17.0 Å². The number of hydrogen-bond acceptors (Lipinski definition) is 5. The van der Waals surface area contributed by atoms with Crippen molar-refractivity contribution in [3.8, 4) is 0 Å². The normalized spacial score (nSPS) is 23.3. The molecule has 0 radical (unpaired) electrons. The minimum Gasteiger partial charge on any atom is -0.464 e. The van der Waals surface area contributed by atoms with Gasteiger partial charge >= 0.3 is 6.03 Å². The van der Waals surface area contributed by atoms with Crippen LogP contribution in [0, 0.1) is 5.92 Å². The van der Waals surface area contributed by atoms with Crippen LogP contribution < -0.4 is 5.32 Å². The molecule has 0 spiro atoms. The van der Waals surface area contributed by atoms with Gasteiger partial charge in [-0.25, -0.2) is 4.79 Å². The van der Waals surface area contributed by atoms with E-state index in [0.29, 0.717) is 23.6 Å². The molecule has 116 valence electrons. The molecule has 0 bridgehead atoms. The van der Waals surface area contributed by atoms with Crippen LogP contribution >= 0.6 is 11.3 Å². The van der Waals surface area contributed by atoms with Gasteiger partial charge in [-0.3, -0.25) is 5.32 Å². The highest BCUT2D eigenvalue weighted by atomic mass is 32.1. The second-order valence-electron chi connectivity index (χ2n) is 6.16. The summed E-state index contributed by atoms with van der Waals surface area (Å²) in [6.07, 6.45) is 3.31. The zero-order chi connectivity index (χ0) is 15.1. The fraction of sp³-hybridized carbons (Fsp3) is 0.533. The van der Waals surface area contributed by atoms with Gasteiger partial charge < -0.3 is 9.32 Å². The number of aromatic nitrogens is 2. The van der Waals surface area contributed by atoms with Crippen LogP contribution in [0.5, 0.6) is 0 Å². The number of carbonyl (C=O) groups excluding carboxylic acids is 1. The quantitative estimate of drug-likeness (QED) is 0.916. The fourth-order valence-corrected chi connectivity index (χ4v) is 3.14. The molecule has 0 unspecified atom stereocenters. The van der Waals surface area contributed by atoms with Crippen LogP contribution in [0.1, 0.15) is 43.6 Å². The van der Waals surface area contributed by atoms with Gasteiger partial charge in [0.25, 0.3) is 0 Å². The number of furan rings is 1. The summed E-state index contributed by atoms with van der Waals surface area (Å²) in [5.41, 5.74) is 1.60. The first kappa shape index (κ1) is 13.8. The highest BCUT2D eigenvalue weighted by molar-refractivity contribution is 7.13. The molecular formula is C15H18N4O2S. The molecule has 2 fully saturated rings. The summed E-state index contributed by atoms with van der Waals surface area (Å²) < 4.78 is 5.92. The zero-order valence-electron chi connectivity index (χ0n) is 12.4.